The van der Waals surface area contributed by atoms with Gasteiger partial charge in [0, 0.05) is 11.3 Å². The lowest BCUT2D eigenvalue weighted by molar-refractivity contribution is 0.0954. The van der Waals surface area contributed by atoms with Gasteiger partial charge in [0.05, 0.1) is 0 Å². The first-order chi connectivity index (χ1) is 11.8. The van der Waals surface area contributed by atoms with Gasteiger partial charge >= 0.3 is 0 Å². The van der Waals surface area contributed by atoms with Crippen molar-refractivity contribution in [3.05, 3.63) is 65.7 Å². The number of hydrogen-bond acceptors (Lipinski definition) is 3. The zero-order valence-electron chi connectivity index (χ0n) is 13.7. The normalized spacial score (nSPS) is 14.1. The van der Waals surface area contributed by atoms with Gasteiger partial charge in [-0.25, -0.2) is 5.43 Å². The Bertz CT molecular complexity index is 685. The molecular weight excluding hydrogens is 300 g/mol. The van der Waals surface area contributed by atoms with E-state index in [0.29, 0.717) is 12.2 Å². The second-order valence-corrected chi connectivity index (χ2v) is 5.98. The van der Waals surface area contributed by atoms with Crippen molar-refractivity contribution in [2.45, 2.75) is 38.7 Å². The quantitative estimate of drug-likeness (QED) is 0.834. The SMILES string of the molecule is O=C(NN=C1CCCCC1)c1ccc(OCc2ccccc2)cc1. The summed E-state index contributed by atoms with van der Waals surface area (Å²) in [5, 5.41) is 4.24. The number of hydrazone groups is 1. The van der Waals surface area contributed by atoms with Gasteiger partial charge in [0.1, 0.15) is 12.4 Å². The number of amides is 1. The molecular formula is C20H22N2O2. The average molecular weight is 322 g/mol. The summed E-state index contributed by atoms with van der Waals surface area (Å²) in [5.41, 5.74) is 5.45. The van der Waals surface area contributed by atoms with Crippen molar-refractivity contribution in [2.75, 3.05) is 0 Å². The average Bonchev–Trinajstić information content (AvgIpc) is 2.66. The van der Waals surface area contributed by atoms with E-state index in [1.54, 1.807) is 12.1 Å². The fraction of sp³-hybridized carbons (Fsp3) is 0.300. The largest absolute Gasteiger partial charge is 0.489 e. The summed E-state index contributed by atoms with van der Waals surface area (Å²) in [6.07, 6.45) is 5.58. The van der Waals surface area contributed by atoms with Gasteiger partial charge in [-0.3, -0.25) is 4.79 Å². The molecule has 1 fully saturated rings. The Labute approximate surface area is 142 Å². The zero-order valence-corrected chi connectivity index (χ0v) is 13.7. The van der Waals surface area contributed by atoms with E-state index in [0.717, 1.165) is 29.9 Å². The summed E-state index contributed by atoms with van der Waals surface area (Å²) in [4.78, 5) is 12.1. The molecule has 24 heavy (non-hydrogen) atoms. The van der Waals surface area contributed by atoms with Crippen LogP contribution >= 0.6 is 0 Å². The molecule has 4 heteroatoms. The third-order valence-electron chi connectivity index (χ3n) is 4.11. The van der Waals surface area contributed by atoms with Crippen LogP contribution in [0.15, 0.2) is 59.7 Å². The summed E-state index contributed by atoms with van der Waals surface area (Å²) < 4.78 is 5.72. The maximum atomic E-state index is 12.1. The Morgan fingerprint density at radius 2 is 1.67 bits per heavy atom. The second-order valence-electron chi connectivity index (χ2n) is 5.98. The number of nitrogens with zero attached hydrogens (tertiary/aromatic N) is 1. The van der Waals surface area contributed by atoms with Gasteiger partial charge in [0.25, 0.3) is 5.91 Å². The molecule has 1 N–H and O–H groups in total. The number of rotatable bonds is 5. The molecule has 0 aromatic heterocycles. The summed E-state index contributed by atoms with van der Waals surface area (Å²) >= 11 is 0. The lowest BCUT2D eigenvalue weighted by Gasteiger charge is -2.12. The molecule has 1 aliphatic carbocycles. The highest BCUT2D eigenvalue weighted by Crippen LogP contribution is 2.16. The molecule has 0 unspecified atom stereocenters. The molecule has 4 nitrogen and oxygen atoms in total. The highest BCUT2D eigenvalue weighted by molar-refractivity contribution is 5.95. The summed E-state index contributed by atoms with van der Waals surface area (Å²) in [7, 11) is 0. The second kappa shape index (κ2) is 8.29. The van der Waals surface area contributed by atoms with Crippen LogP contribution in [0.3, 0.4) is 0 Å². The van der Waals surface area contributed by atoms with Crippen LogP contribution in [-0.2, 0) is 6.61 Å². The van der Waals surface area contributed by atoms with E-state index in [2.05, 4.69) is 10.5 Å². The number of carbonyl (C=O) groups is 1. The summed E-state index contributed by atoms with van der Waals surface area (Å²) in [6, 6.07) is 17.1. The Morgan fingerprint density at radius 1 is 0.958 bits per heavy atom. The van der Waals surface area contributed by atoms with E-state index in [1.807, 2.05) is 42.5 Å². The molecule has 0 atom stereocenters. The molecule has 0 spiro atoms. The van der Waals surface area contributed by atoms with Crippen LogP contribution in [0.4, 0.5) is 0 Å². The maximum Gasteiger partial charge on any atom is 0.271 e. The summed E-state index contributed by atoms with van der Waals surface area (Å²) in [5.74, 6) is 0.566. The van der Waals surface area contributed by atoms with Crippen LogP contribution in [0.25, 0.3) is 0 Å². The fourth-order valence-electron chi connectivity index (χ4n) is 2.71. The van der Waals surface area contributed by atoms with E-state index in [4.69, 9.17) is 4.74 Å². The monoisotopic (exact) mass is 322 g/mol. The Kier molecular flexibility index (Phi) is 5.61. The Morgan fingerprint density at radius 3 is 2.38 bits per heavy atom. The van der Waals surface area contributed by atoms with Gasteiger partial charge in [-0.15, -0.1) is 0 Å². The topological polar surface area (TPSA) is 50.7 Å². The van der Waals surface area contributed by atoms with Gasteiger partial charge in [0.2, 0.25) is 0 Å². The van der Waals surface area contributed by atoms with Crippen LogP contribution < -0.4 is 10.2 Å². The Balaban J connectivity index is 1.52. The van der Waals surface area contributed by atoms with Crippen LogP contribution in [0.1, 0.15) is 48.0 Å². The van der Waals surface area contributed by atoms with Crippen molar-refractivity contribution >= 4 is 11.6 Å². The highest BCUT2D eigenvalue weighted by atomic mass is 16.5. The number of nitrogens with one attached hydrogen (secondary N) is 1. The van der Waals surface area contributed by atoms with Crippen LogP contribution in [0.5, 0.6) is 5.75 Å². The molecule has 1 saturated carbocycles. The van der Waals surface area contributed by atoms with Crippen molar-refractivity contribution in [1.82, 2.24) is 5.43 Å². The van der Waals surface area contributed by atoms with Gasteiger partial charge in [-0.1, -0.05) is 36.8 Å². The van der Waals surface area contributed by atoms with Gasteiger partial charge in [0.15, 0.2) is 0 Å². The van der Waals surface area contributed by atoms with Crippen LogP contribution in [0.2, 0.25) is 0 Å². The molecule has 0 bridgehead atoms. The molecule has 2 aromatic carbocycles. The minimum atomic E-state index is -0.178. The fourth-order valence-corrected chi connectivity index (χ4v) is 2.71. The first-order valence-electron chi connectivity index (χ1n) is 8.44. The van der Waals surface area contributed by atoms with E-state index in [1.165, 1.54) is 19.3 Å². The number of benzene rings is 2. The minimum Gasteiger partial charge on any atom is -0.489 e. The van der Waals surface area contributed by atoms with Crippen LogP contribution in [-0.4, -0.2) is 11.6 Å². The predicted molar refractivity (Wildman–Crippen MR) is 95.2 cm³/mol. The van der Waals surface area contributed by atoms with Crippen LogP contribution in [0, 0.1) is 0 Å². The number of hydrogen-bond donors (Lipinski definition) is 1. The number of ether oxygens (including phenoxy) is 1. The van der Waals surface area contributed by atoms with Crippen molar-refractivity contribution < 1.29 is 9.53 Å². The molecule has 0 heterocycles. The smallest absolute Gasteiger partial charge is 0.271 e. The third kappa shape index (κ3) is 4.69. The van der Waals surface area contributed by atoms with Gasteiger partial charge in [-0.2, -0.15) is 5.10 Å². The lowest BCUT2D eigenvalue weighted by atomic mass is 9.99. The molecule has 0 radical (unpaired) electrons. The zero-order chi connectivity index (χ0) is 16.6. The molecule has 0 saturated heterocycles. The molecule has 2 aromatic rings. The van der Waals surface area contributed by atoms with E-state index in [-0.39, 0.29) is 5.91 Å². The molecule has 3 rings (SSSR count). The van der Waals surface area contributed by atoms with E-state index < -0.39 is 0 Å². The van der Waals surface area contributed by atoms with Crippen molar-refractivity contribution in [3.63, 3.8) is 0 Å². The maximum absolute atomic E-state index is 12.1. The first kappa shape index (κ1) is 16.2. The van der Waals surface area contributed by atoms with Crippen molar-refractivity contribution in [3.8, 4) is 5.75 Å². The number of carbonyl (C=O) groups excluding carboxylic acids is 1. The van der Waals surface area contributed by atoms with E-state index in [9.17, 15) is 4.79 Å². The Hall–Kier alpha value is -2.62. The molecule has 1 amide bonds. The lowest BCUT2D eigenvalue weighted by Crippen LogP contribution is -2.20. The van der Waals surface area contributed by atoms with Crippen molar-refractivity contribution in [1.29, 1.82) is 0 Å². The predicted octanol–water partition coefficient (Wildman–Crippen LogP) is 4.32. The first-order valence-corrected chi connectivity index (χ1v) is 8.44. The molecule has 124 valence electrons. The van der Waals surface area contributed by atoms with Gasteiger partial charge < -0.3 is 4.74 Å². The van der Waals surface area contributed by atoms with E-state index >= 15 is 0 Å². The minimum absolute atomic E-state index is 0.178. The van der Waals surface area contributed by atoms with Crippen molar-refractivity contribution in [2.24, 2.45) is 5.10 Å². The highest BCUT2D eigenvalue weighted by Gasteiger charge is 2.09. The third-order valence-corrected chi connectivity index (χ3v) is 4.11. The van der Waals surface area contributed by atoms with Gasteiger partial charge in [-0.05, 0) is 55.5 Å². The molecule has 0 aliphatic heterocycles. The summed E-state index contributed by atoms with van der Waals surface area (Å²) in [6.45, 7) is 0.514. The standard InChI is InChI=1S/C20H22N2O2/c23-20(22-21-18-9-5-2-6-10-18)17-11-13-19(14-12-17)24-15-16-7-3-1-4-8-16/h1,3-4,7-8,11-14H,2,5-6,9-10,15H2,(H,22,23). The molecule has 1 aliphatic rings.